The van der Waals surface area contributed by atoms with E-state index in [2.05, 4.69) is 12.1 Å². The van der Waals surface area contributed by atoms with Gasteiger partial charge >= 0.3 is 5.97 Å². The number of piperidine rings is 1. The van der Waals surface area contributed by atoms with Gasteiger partial charge in [0.2, 0.25) is 5.91 Å². The Hall–Kier alpha value is -2.82. The van der Waals surface area contributed by atoms with Crippen molar-refractivity contribution in [2.45, 2.75) is 51.0 Å². The van der Waals surface area contributed by atoms with Crippen molar-refractivity contribution in [3.05, 3.63) is 65.7 Å². The number of benzene rings is 2. The molecule has 1 amide bonds. The lowest BCUT2D eigenvalue weighted by Gasteiger charge is -2.33. The predicted molar refractivity (Wildman–Crippen MR) is 112 cm³/mol. The van der Waals surface area contributed by atoms with Crippen LogP contribution in [0, 0.1) is 0 Å². The summed E-state index contributed by atoms with van der Waals surface area (Å²) in [5.74, 6) is -0.0305. The zero-order valence-corrected chi connectivity index (χ0v) is 17.1. The standard InChI is InChI=1S/C24H29NO4/c1-24(2,23(27)28)29-21-12-6-10-19(16-21)20-11-7-15-25(17-20)22(26)14-13-18-8-4-3-5-9-18/h3-6,8-10,12,16,20H,7,11,13-15,17H2,1-2H3,(H,27,28). The first-order valence-corrected chi connectivity index (χ1v) is 10.2. The quantitative estimate of drug-likeness (QED) is 0.760. The molecule has 2 aromatic rings. The molecular formula is C24H29NO4. The van der Waals surface area contributed by atoms with Gasteiger partial charge in [-0.25, -0.2) is 4.79 Å². The molecule has 1 unspecified atom stereocenters. The molecule has 3 rings (SSSR count). The maximum absolute atomic E-state index is 12.7. The van der Waals surface area contributed by atoms with Crippen molar-refractivity contribution in [2.24, 2.45) is 0 Å². The van der Waals surface area contributed by atoms with Crippen molar-refractivity contribution in [1.82, 2.24) is 4.90 Å². The van der Waals surface area contributed by atoms with Gasteiger partial charge in [0.05, 0.1) is 0 Å². The number of likely N-dealkylation sites (tertiary alicyclic amines) is 1. The molecule has 154 valence electrons. The number of amides is 1. The van der Waals surface area contributed by atoms with E-state index in [1.807, 2.05) is 41.3 Å². The van der Waals surface area contributed by atoms with Crippen LogP contribution in [0.3, 0.4) is 0 Å². The van der Waals surface area contributed by atoms with Crippen LogP contribution in [0.15, 0.2) is 54.6 Å². The van der Waals surface area contributed by atoms with Crippen LogP contribution in [-0.4, -0.2) is 40.6 Å². The second-order valence-electron chi connectivity index (χ2n) is 8.15. The number of carboxylic acids is 1. The monoisotopic (exact) mass is 395 g/mol. The van der Waals surface area contributed by atoms with Crippen molar-refractivity contribution >= 4 is 11.9 Å². The van der Waals surface area contributed by atoms with Crippen LogP contribution >= 0.6 is 0 Å². The first kappa shape index (κ1) is 20.9. The van der Waals surface area contributed by atoms with Crippen LogP contribution in [0.25, 0.3) is 0 Å². The number of rotatable bonds is 7. The summed E-state index contributed by atoms with van der Waals surface area (Å²) in [5, 5.41) is 9.28. The van der Waals surface area contributed by atoms with Crippen LogP contribution in [0.4, 0.5) is 0 Å². The highest BCUT2D eigenvalue weighted by Crippen LogP contribution is 2.30. The summed E-state index contributed by atoms with van der Waals surface area (Å²) < 4.78 is 5.68. The van der Waals surface area contributed by atoms with Crippen molar-refractivity contribution in [3.63, 3.8) is 0 Å². The summed E-state index contributed by atoms with van der Waals surface area (Å²) in [7, 11) is 0. The van der Waals surface area contributed by atoms with E-state index in [1.54, 1.807) is 6.07 Å². The van der Waals surface area contributed by atoms with Gasteiger partial charge in [-0.15, -0.1) is 0 Å². The van der Waals surface area contributed by atoms with Crippen molar-refractivity contribution in [1.29, 1.82) is 0 Å². The van der Waals surface area contributed by atoms with Gasteiger partial charge in [-0.3, -0.25) is 4.79 Å². The van der Waals surface area contributed by atoms with Gasteiger partial charge in [-0.1, -0.05) is 42.5 Å². The number of carboxylic acid groups (broad SMARTS) is 1. The first-order chi connectivity index (χ1) is 13.8. The highest BCUT2D eigenvalue weighted by Gasteiger charge is 2.30. The fraction of sp³-hybridized carbons (Fsp3) is 0.417. The second kappa shape index (κ2) is 9.12. The molecule has 0 aliphatic carbocycles. The lowest BCUT2D eigenvalue weighted by Crippen LogP contribution is -2.39. The van der Waals surface area contributed by atoms with E-state index in [1.165, 1.54) is 19.4 Å². The number of aryl methyl sites for hydroxylation is 1. The Labute approximate surface area is 172 Å². The fourth-order valence-corrected chi connectivity index (χ4v) is 3.70. The molecule has 1 heterocycles. The Bertz CT molecular complexity index is 847. The second-order valence-corrected chi connectivity index (χ2v) is 8.15. The number of hydrogen-bond acceptors (Lipinski definition) is 3. The Morgan fingerprint density at radius 1 is 1.14 bits per heavy atom. The summed E-state index contributed by atoms with van der Waals surface area (Å²) >= 11 is 0. The van der Waals surface area contributed by atoms with Gasteiger partial charge in [-0.05, 0) is 56.4 Å². The van der Waals surface area contributed by atoms with Crippen LogP contribution in [-0.2, 0) is 16.0 Å². The van der Waals surface area contributed by atoms with Crippen LogP contribution in [0.5, 0.6) is 5.75 Å². The normalized spacial score (nSPS) is 17.0. The molecule has 1 fully saturated rings. The van der Waals surface area contributed by atoms with E-state index in [4.69, 9.17) is 4.74 Å². The zero-order valence-electron chi connectivity index (χ0n) is 17.1. The summed E-state index contributed by atoms with van der Waals surface area (Å²) in [6.45, 7) is 4.57. The van der Waals surface area contributed by atoms with E-state index >= 15 is 0 Å². The average Bonchev–Trinajstić information content (AvgIpc) is 2.72. The predicted octanol–water partition coefficient (Wildman–Crippen LogP) is 4.27. The van der Waals surface area contributed by atoms with Gasteiger partial charge in [-0.2, -0.15) is 0 Å². The third kappa shape index (κ3) is 5.59. The van der Waals surface area contributed by atoms with Gasteiger partial charge in [0.25, 0.3) is 0 Å². The van der Waals surface area contributed by atoms with Crippen molar-refractivity contribution in [3.8, 4) is 5.75 Å². The highest BCUT2D eigenvalue weighted by molar-refractivity contribution is 5.77. The Kier molecular flexibility index (Phi) is 6.57. The molecular weight excluding hydrogens is 366 g/mol. The lowest BCUT2D eigenvalue weighted by atomic mass is 9.90. The molecule has 5 nitrogen and oxygen atoms in total. The van der Waals surface area contributed by atoms with Gasteiger partial charge < -0.3 is 14.7 Å². The van der Waals surface area contributed by atoms with E-state index in [9.17, 15) is 14.7 Å². The summed E-state index contributed by atoms with van der Waals surface area (Å²) in [4.78, 5) is 26.0. The molecule has 0 aromatic heterocycles. The maximum Gasteiger partial charge on any atom is 0.347 e. The minimum absolute atomic E-state index is 0.193. The Morgan fingerprint density at radius 3 is 2.62 bits per heavy atom. The molecule has 29 heavy (non-hydrogen) atoms. The third-order valence-electron chi connectivity index (χ3n) is 5.46. The number of hydrogen-bond donors (Lipinski definition) is 1. The Morgan fingerprint density at radius 2 is 1.90 bits per heavy atom. The number of nitrogens with zero attached hydrogens (tertiary/aromatic N) is 1. The van der Waals surface area contributed by atoms with Crippen LogP contribution in [0.1, 0.15) is 50.2 Å². The number of carbonyl (C=O) groups excluding carboxylic acids is 1. The van der Waals surface area contributed by atoms with Gasteiger partial charge in [0.1, 0.15) is 5.75 Å². The molecule has 0 radical (unpaired) electrons. The SMILES string of the molecule is CC(C)(Oc1cccc(C2CCCN(C(=O)CCc3ccccc3)C2)c1)C(=O)O. The molecule has 0 bridgehead atoms. The number of aliphatic carboxylic acids is 1. The summed E-state index contributed by atoms with van der Waals surface area (Å²) in [6, 6.07) is 17.7. The largest absolute Gasteiger partial charge is 0.478 e. The smallest absolute Gasteiger partial charge is 0.347 e. The molecule has 1 aliphatic heterocycles. The Balaban J connectivity index is 1.62. The van der Waals surface area contributed by atoms with E-state index < -0.39 is 11.6 Å². The molecule has 1 saturated heterocycles. The molecule has 5 heteroatoms. The molecule has 2 aromatic carbocycles. The van der Waals surface area contributed by atoms with Crippen LogP contribution < -0.4 is 4.74 Å². The summed E-state index contributed by atoms with van der Waals surface area (Å²) in [6.07, 6.45) is 3.25. The highest BCUT2D eigenvalue weighted by atomic mass is 16.5. The number of carbonyl (C=O) groups is 2. The van der Waals surface area contributed by atoms with Crippen molar-refractivity contribution in [2.75, 3.05) is 13.1 Å². The zero-order chi connectivity index (χ0) is 20.9. The topological polar surface area (TPSA) is 66.8 Å². The fourth-order valence-electron chi connectivity index (χ4n) is 3.70. The van der Waals surface area contributed by atoms with Crippen LogP contribution in [0.2, 0.25) is 0 Å². The minimum Gasteiger partial charge on any atom is -0.478 e. The number of ether oxygens (including phenoxy) is 1. The third-order valence-corrected chi connectivity index (χ3v) is 5.46. The molecule has 0 spiro atoms. The van der Waals surface area contributed by atoms with E-state index in [-0.39, 0.29) is 11.8 Å². The molecule has 1 N–H and O–H groups in total. The average molecular weight is 395 g/mol. The van der Waals surface area contributed by atoms with Gasteiger partial charge in [0.15, 0.2) is 5.60 Å². The van der Waals surface area contributed by atoms with Crippen molar-refractivity contribution < 1.29 is 19.4 Å². The summed E-state index contributed by atoms with van der Waals surface area (Å²) in [5.41, 5.74) is 0.981. The molecule has 0 saturated carbocycles. The molecule has 1 aliphatic rings. The lowest BCUT2D eigenvalue weighted by molar-refractivity contribution is -0.152. The van der Waals surface area contributed by atoms with Gasteiger partial charge in [0, 0.05) is 25.4 Å². The minimum atomic E-state index is -1.29. The van der Waals surface area contributed by atoms with E-state index in [0.29, 0.717) is 18.7 Å². The molecule has 1 atom stereocenters. The first-order valence-electron chi connectivity index (χ1n) is 10.2. The maximum atomic E-state index is 12.7. The van der Waals surface area contributed by atoms with E-state index in [0.717, 1.165) is 31.4 Å².